The summed E-state index contributed by atoms with van der Waals surface area (Å²) in [4.78, 5) is 18.1. The first-order chi connectivity index (χ1) is 16.9. The Kier molecular flexibility index (Phi) is 6.34. The largest absolute Gasteiger partial charge is 0.346 e. The van der Waals surface area contributed by atoms with Gasteiger partial charge in [0.05, 0.1) is 22.0 Å². The second-order valence-electron chi connectivity index (χ2n) is 9.12. The van der Waals surface area contributed by atoms with Gasteiger partial charge in [-0.05, 0) is 61.7 Å². The topological polar surface area (TPSA) is 84.3 Å². The molecule has 0 spiro atoms. The first-order valence-corrected chi connectivity index (χ1v) is 13.6. The Morgan fingerprint density at radius 3 is 2.46 bits per heavy atom. The number of amides is 1. The molecule has 1 saturated heterocycles. The van der Waals surface area contributed by atoms with E-state index in [1.807, 2.05) is 61.5 Å². The number of hydrogen-bond donors (Lipinski definition) is 1. The van der Waals surface area contributed by atoms with Crippen LogP contribution >= 0.6 is 0 Å². The minimum absolute atomic E-state index is 0.0463. The van der Waals surface area contributed by atoms with Crippen LogP contribution in [0.5, 0.6) is 0 Å². The predicted octanol–water partition coefficient (Wildman–Crippen LogP) is 4.49. The molecule has 0 saturated carbocycles. The van der Waals surface area contributed by atoms with E-state index in [-0.39, 0.29) is 17.9 Å². The van der Waals surface area contributed by atoms with Crippen molar-refractivity contribution in [3.63, 3.8) is 0 Å². The zero-order valence-electron chi connectivity index (χ0n) is 20.0. The van der Waals surface area contributed by atoms with E-state index in [1.165, 1.54) is 4.31 Å². The Labute approximate surface area is 205 Å². The van der Waals surface area contributed by atoms with Crippen LogP contribution in [0.25, 0.3) is 21.8 Å². The number of piperidine rings is 1. The normalized spacial score (nSPS) is 16.5. The number of fused-ring (bicyclic) bond motifs is 2. The molecule has 1 aliphatic rings. The van der Waals surface area contributed by atoms with Crippen LogP contribution < -0.4 is 5.32 Å². The van der Waals surface area contributed by atoms with Gasteiger partial charge in [0.25, 0.3) is 0 Å². The van der Waals surface area contributed by atoms with Crippen molar-refractivity contribution in [1.82, 2.24) is 19.2 Å². The van der Waals surface area contributed by atoms with Gasteiger partial charge in [0.15, 0.2) is 0 Å². The van der Waals surface area contributed by atoms with Crippen LogP contribution in [-0.2, 0) is 21.4 Å². The van der Waals surface area contributed by atoms with Gasteiger partial charge in [-0.15, -0.1) is 0 Å². The van der Waals surface area contributed by atoms with Crippen LogP contribution in [-0.4, -0.2) is 41.3 Å². The highest BCUT2D eigenvalue weighted by atomic mass is 32.2. The summed E-state index contributed by atoms with van der Waals surface area (Å²) in [5, 5.41) is 5.02. The molecule has 1 N–H and O–H groups in total. The van der Waals surface area contributed by atoms with Gasteiger partial charge < -0.3 is 9.88 Å². The Morgan fingerprint density at radius 1 is 1.03 bits per heavy atom. The number of hydrogen-bond acceptors (Lipinski definition) is 4. The zero-order chi connectivity index (χ0) is 24.6. The lowest BCUT2D eigenvalue weighted by molar-refractivity contribution is -0.126. The number of benzene rings is 3. The van der Waals surface area contributed by atoms with E-state index in [9.17, 15) is 13.2 Å². The number of nitrogens with one attached hydrogen (secondary N) is 1. The molecular weight excluding hydrogens is 460 g/mol. The lowest BCUT2D eigenvalue weighted by Gasteiger charge is -2.31. The van der Waals surface area contributed by atoms with E-state index in [0.717, 1.165) is 34.2 Å². The van der Waals surface area contributed by atoms with Crippen LogP contribution in [0.3, 0.4) is 0 Å². The fraction of sp³-hybridized carbons (Fsp3) is 0.333. The second kappa shape index (κ2) is 9.43. The van der Waals surface area contributed by atoms with Crippen molar-refractivity contribution in [2.24, 2.45) is 5.92 Å². The van der Waals surface area contributed by atoms with Crippen LogP contribution in [0.1, 0.15) is 38.6 Å². The maximum atomic E-state index is 13.2. The third-order valence-electron chi connectivity index (χ3n) is 6.93. The summed E-state index contributed by atoms with van der Waals surface area (Å²) in [6.07, 6.45) is 0.991. The molecule has 7 nitrogen and oxygen atoms in total. The summed E-state index contributed by atoms with van der Waals surface area (Å²) in [7, 11) is -3.60. The number of sulfonamides is 1. The Hall–Kier alpha value is -3.23. The van der Waals surface area contributed by atoms with Crippen molar-refractivity contribution in [3.05, 3.63) is 72.6 Å². The third-order valence-corrected chi connectivity index (χ3v) is 8.82. The number of nitrogens with zero attached hydrogens (tertiary/aromatic N) is 3. The van der Waals surface area contributed by atoms with Gasteiger partial charge in [0.2, 0.25) is 15.9 Å². The summed E-state index contributed by atoms with van der Waals surface area (Å²) in [5.41, 5.74) is 1.97. The van der Waals surface area contributed by atoms with E-state index in [0.29, 0.717) is 30.8 Å². The van der Waals surface area contributed by atoms with Crippen molar-refractivity contribution in [2.75, 3.05) is 13.1 Å². The number of aryl methyl sites for hydroxylation is 1. The molecule has 1 aromatic heterocycles. The molecular formula is C27H30N4O3S. The van der Waals surface area contributed by atoms with Gasteiger partial charge in [-0.25, -0.2) is 13.4 Å². The van der Waals surface area contributed by atoms with E-state index in [4.69, 9.17) is 4.98 Å². The van der Waals surface area contributed by atoms with E-state index >= 15 is 0 Å². The maximum absolute atomic E-state index is 13.2. The predicted molar refractivity (Wildman–Crippen MR) is 137 cm³/mol. The molecule has 4 aromatic rings. The number of imidazole rings is 1. The van der Waals surface area contributed by atoms with Crippen LogP contribution in [0.15, 0.2) is 71.6 Å². The highest BCUT2D eigenvalue weighted by Gasteiger charge is 2.33. The lowest BCUT2D eigenvalue weighted by Crippen LogP contribution is -2.43. The fourth-order valence-electron chi connectivity index (χ4n) is 4.99. The smallest absolute Gasteiger partial charge is 0.243 e. The minimum atomic E-state index is -3.60. The van der Waals surface area contributed by atoms with Gasteiger partial charge in [0, 0.05) is 25.6 Å². The van der Waals surface area contributed by atoms with Crippen molar-refractivity contribution in [2.45, 2.75) is 44.2 Å². The second-order valence-corrected chi connectivity index (χ2v) is 11.1. The maximum Gasteiger partial charge on any atom is 0.243 e. The highest BCUT2D eigenvalue weighted by molar-refractivity contribution is 7.89. The molecule has 5 rings (SSSR count). The molecule has 182 valence electrons. The van der Waals surface area contributed by atoms with Crippen LogP contribution in [0.2, 0.25) is 0 Å². The molecule has 1 aliphatic heterocycles. The van der Waals surface area contributed by atoms with Gasteiger partial charge in [-0.2, -0.15) is 4.31 Å². The number of aromatic nitrogens is 2. The standard InChI is InChI=1S/C27H30N4O3S/c1-3-31-25-11-7-6-10-24(25)29-26(31)19(2)28-27(32)21-14-16-30(17-15-21)35(33,34)23-13-12-20-8-4-5-9-22(20)18-23/h4-13,18-19,21H,3,14-17H2,1-2H3,(H,28,32). The summed E-state index contributed by atoms with van der Waals surface area (Å²) in [6.45, 7) is 5.44. The lowest BCUT2D eigenvalue weighted by atomic mass is 9.97. The minimum Gasteiger partial charge on any atom is -0.346 e. The quantitative estimate of drug-likeness (QED) is 0.432. The Morgan fingerprint density at radius 2 is 1.71 bits per heavy atom. The fourth-order valence-corrected chi connectivity index (χ4v) is 6.49. The molecule has 35 heavy (non-hydrogen) atoms. The third kappa shape index (κ3) is 4.44. The number of rotatable bonds is 6. The van der Waals surface area contributed by atoms with Gasteiger partial charge >= 0.3 is 0 Å². The molecule has 3 aromatic carbocycles. The van der Waals surface area contributed by atoms with Crippen LogP contribution in [0, 0.1) is 5.92 Å². The van der Waals surface area contributed by atoms with Crippen molar-refractivity contribution < 1.29 is 13.2 Å². The average Bonchev–Trinajstić information content (AvgIpc) is 3.27. The number of carbonyl (C=O) groups is 1. The number of carbonyl (C=O) groups excluding carboxylic acids is 1. The Bertz CT molecular complexity index is 1490. The molecule has 0 aliphatic carbocycles. The van der Waals surface area contributed by atoms with Crippen LogP contribution in [0.4, 0.5) is 0 Å². The summed E-state index contributed by atoms with van der Waals surface area (Å²) in [6, 6.07) is 20.7. The van der Waals surface area contributed by atoms with Gasteiger partial charge in [-0.3, -0.25) is 4.79 Å². The number of para-hydroxylation sites is 2. The van der Waals surface area contributed by atoms with Gasteiger partial charge in [-0.1, -0.05) is 42.5 Å². The Balaban J connectivity index is 1.25. The molecule has 1 amide bonds. The van der Waals surface area contributed by atoms with Crippen molar-refractivity contribution in [3.8, 4) is 0 Å². The SMILES string of the molecule is CCn1c(C(C)NC(=O)C2CCN(S(=O)(=O)c3ccc4ccccc4c3)CC2)nc2ccccc21. The molecule has 0 radical (unpaired) electrons. The summed E-state index contributed by atoms with van der Waals surface area (Å²) >= 11 is 0. The van der Waals surface area contributed by atoms with Gasteiger partial charge in [0.1, 0.15) is 5.82 Å². The summed E-state index contributed by atoms with van der Waals surface area (Å²) in [5.74, 6) is 0.563. The van der Waals surface area contributed by atoms with E-state index in [1.54, 1.807) is 12.1 Å². The molecule has 0 bridgehead atoms. The first-order valence-electron chi connectivity index (χ1n) is 12.1. The van der Waals surface area contributed by atoms with Crippen molar-refractivity contribution in [1.29, 1.82) is 0 Å². The van der Waals surface area contributed by atoms with E-state index in [2.05, 4.69) is 16.8 Å². The molecule has 1 atom stereocenters. The molecule has 1 fully saturated rings. The zero-order valence-corrected chi connectivity index (χ0v) is 20.8. The van der Waals surface area contributed by atoms with E-state index < -0.39 is 10.0 Å². The van der Waals surface area contributed by atoms with Crippen molar-refractivity contribution >= 4 is 37.7 Å². The monoisotopic (exact) mass is 490 g/mol. The average molecular weight is 491 g/mol. The molecule has 2 heterocycles. The summed E-state index contributed by atoms with van der Waals surface area (Å²) < 4.78 is 30.1. The molecule has 8 heteroatoms. The first kappa shape index (κ1) is 23.5. The highest BCUT2D eigenvalue weighted by Crippen LogP contribution is 2.27. The molecule has 1 unspecified atom stereocenters.